The van der Waals surface area contributed by atoms with Crippen LogP contribution in [0.25, 0.3) is 0 Å². The average Bonchev–Trinajstić information content (AvgIpc) is 3.14. The topological polar surface area (TPSA) is 38.1 Å². The van der Waals surface area contributed by atoms with Crippen molar-refractivity contribution in [2.24, 2.45) is 7.05 Å². The van der Waals surface area contributed by atoms with Gasteiger partial charge in [0, 0.05) is 24.7 Å². The van der Waals surface area contributed by atoms with Crippen LogP contribution in [0.15, 0.2) is 85.1 Å². The van der Waals surface area contributed by atoms with E-state index in [2.05, 4.69) is 5.10 Å². The lowest BCUT2D eigenvalue weighted by Gasteiger charge is -2.24. The molecule has 4 nitrogen and oxygen atoms in total. The van der Waals surface area contributed by atoms with E-state index in [1.54, 1.807) is 21.8 Å². The van der Waals surface area contributed by atoms with Crippen LogP contribution >= 0.6 is 23.2 Å². The Hall–Kier alpha value is -3.08. The third-order valence-corrected chi connectivity index (χ3v) is 5.56. The molecule has 0 fully saturated rings. The summed E-state index contributed by atoms with van der Waals surface area (Å²) in [5.74, 6) is -0.151. The minimum atomic E-state index is -0.151. The summed E-state index contributed by atoms with van der Waals surface area (Å²) in [6, 6.07) is 24.8. The number of carbonyl (C=O) groups is 1. The molecule has 3 aromatic carbocycles. The largest absolute Gasteiger partial charge is 0.302 e. The lowest BCUT2D eigenvalue weighted by atomic mass is 10.1. The highest BCUT2D eigenvalue weighted by atomic mass is 35.5. The molecular weight excluding hydrogens is 429 g/mol. The molecule has 0 N–H and O–H groups in total. The van der Waals surface area contributed by atoms with E-state index in [0.29, 0.717) is 34.3 Å². The molecule has 1 aromatic heterocycles. The van der Waals surface area contributed by atoms with Gasteiger partial charge in [0.05, 0.1) is 28.5 Å². The van der Waals surface area contributed by atoms with Crippen LogP contribution in [-0.4, -0.2) is 15.7 Å². The minimum absolute atomic E-state index is 0.151. The number of aryl methyl sites for hydroxylation is 1. The molecule has 6 heteroatoms. The quantitative estimate of drug-likeness (QED) is 0.353. The smallest absolute Gasteiger partial charge is 0.262 e. The number of hydrogen-bond donors (Lipinski definition) is 0. The Morgan fingerprint density at radius 3 is 2.29 bits per heavy atom. The van der Waals surface area contributed by atoms with Crippen LogP contribution in [-0.2, 0) is 20.0 Å². The first-order valence-electron chi connectivity index (χ1n) is 9.88. The van der Waals surface area contributed by atoms with Crippen molar-refractivity contribution in [3.8, 4) is 0 Å². The SMILES string of the molecule is Cn1cc(C(=O)N(Cc2ccc(Cl)cc2)c2ccccc2Cl)c(Cc2ccccc2)n1. The van der Waals surface area contributed by atoms with Crippen LogP contribution in [0.2, 0.25) is 10.0 Å². The molecule has 0 saturated carbocycles. The number of halogens is 2. The van der Waals surface area contributed by atoms with Crippen molar-refractivity contribution in [2.45, 2.75) is 13.0 Å². The molecule has 0 radical (unpaired) electrons. The molecule has 0 unspecified atom stereocenters. The molecule has 0 aliphatic rings. The Labute approximate surface area is 191 Å². The maximum Gasteiger partial charge on any atom is 0.262 e. The fourth-order valence-electron chi connectivity index (χ4n) is 3.49. The van der Waals surface area contributed by atoms with E-state index in [1.807, 2.05) is 79.8 Å². The van der Waals surface area contributed by atoms with Crippen molar-refractivity contribution in [1.82, 2.24) is 9.78 Å². The third kappa shape index (κ3) is 4.98. The maximum atomic E-state index is 13.8. The van der Waals surface area contributed by atoms with Crippen LogP contribution in [0.5, 0.6) is 0 Å². The molecule has 0 bridgehead atoms. The zero-order chi connectivity index (χ0) is 21.8. The number of benzene rings is 3. The van der Waals surface area contributed by atoms with Gasteiger partial charge in [-0.1, -0.05) is 77.8 Å². The van der Waals surface area contributed by atoms with Crippen molar-refractivity contribution in [3.05, 3.63) is 117 Å². The van der Waals surface area contributed by atoms with Crippen molar-refractivity contribution >= 4 is 34.8 Å². The standard InChI is InChI=1S/C25H21Cl2N3O/c1-29-17-21(23(28-29)15-18-7-3-2-4-8-18)25(31)30(24-10-6-5-9-22(24)27)16-19-11-13-20(26)14-12-19/h2-14,17H,15-16H2,1H3. The molecule has 1 amide bonds. The Morgan fingerprint density at radius 2 is 1.58 bits per heavy atom. The lowest BCUT2D eigenvalue weighted by Crippen LogP contribution is -2.31. The Morgan fingerprint density at radius 1 is 0.903 bits per heavy atom. The van der Waals surface area contributed by atoms with Gasteiger partial charge in [-0.25, -0.2) is 0 Å². The number of hydrogen-bond acceptors (Lipinski definition) is 2. The van der Waals surface area contributed by atoms with Gasteiger partial charge in [0.2, 0.25) is 0 Å². The highest BCUT2D eigenvalue weighted by Gasteiger charge is 2.25. The normalized spacial score (nSPS) is 10.8. The van der Waals surface area contributed by atoms with Gasteiger partial charge < -0.3 is 4.90 Å². The molecule has 31 heavy (non-hydrogen) atoms. The van der Waals surface area contributed by atoms with Gasteiger partial charge in [-0.3, -0.25) is 9.48 Å². The van der Waals surface area contributed by atoms with Gasteiger partial charge in [-0.15, -0.1) is 0 Å². The summed E-state index contributed by atoms with van der Waals surface area (Å²) in [7, 11) is 1.82. The molecule has 0 saturated heterocycles. The summed E-state index contributed by atoms with van der Waals surface area (Å²) in [5, 5.41) is 5.72. The highest BCUT2D eigenvalue weighted by Crippen LogP contribution is 2.29. The van der Waals surface area contributed by atoms with Crippen molar-refractivity contribution < 1.29 is 4.79 Å². The summed E-state index contributed by atoms with van der Waals surface area (Å²) in [5.41, 5.74) is 3.98. The maximum absolute atomic E-state index is 13.8. The number of carbonyl (C=O) groups excluding carboxylic acids is 1. The summed E-state index contributed by atoms with van der Waals surface area (Å²) in [6.07, 6.45) is 2.34. The third-order valence-electron chi connectivity index (χ3n) is 4.99. The zero-order valence-electron chi connectivity index (χ0n) is 17.0. The van der Waals surface area contributed by atoms with Gasteiger partial charge in [-0.2, -0.15) is 5.10 Å². The van der Waals surface area contributed by atoms with E-state index in [4.69, 9.17) is 23.2 Å². The second-order valence-corrected chi connectivity index (χ2v) is 8.14. The van der Waals surface area contributed by atoms with Crippen molar-refractivity contribution in [1.29, 1.82) is 0 Å². The van der Waals surface area contributed by atoms with Crippen LogP contribution in [0.3, 0.4) is 0 Å². The van der Waals surface area contributed by atoms with E-state index < -0.39 is 0 Å². The number of para-hydroxylation sites is 1. The first kappa shape index (κ1) is 21.2. The fourth-order valence-corrected chi connectivity index (χ4v) is 3.85. The Bertz CT molecular complexity index is 1190. The minimum Gasteiger partial charge on any atom is -0.302 e. The second-order valence-electron chi connectivity index (χ2n) is 7.29. The van der Waals surface area contributed by atoms with E-state index >= 15 is 0 Å². The first-order valence-corrected chi connectivity index (χ1v) is 10.6. The molecular formula is C25H21Cl2N3O. The number of aromatic nitrogens is 2. The second kappa shape index (κ2) is 9.38. The van der Waals surface area contributed by atoms with E-state index in [1.165, 1.54) is 0 Å². The van der Waals surface area contributed by atoms with Gasteiger partial charge in [0.25, 0.3) is 5.91 Å². The zero-order valence-corrected chi connectivity index (χ0v) is 18.5. The molecule has 1 heterocycles. The Balaban J connectivity index is 1.72. The van der Waals surface area contributed by atoms with Crippen LogP contribution in [0, 0.1) is 0 Å². The summed E-state index contributed by atoms with van der Waals surface area (Å²) >= 11 is 12.5. The van der Waals surface area contributed by atoms with Gasteiger partial charge in [-0.05, 0) is 35.4 Å². The first-order chi connectivity index (χ1) is 15.0. The predicted molar refractivity (Wildman–Crippen MR) is 126 cm³/mol. The Kier molecular flexibility index (Phi) is 6.40. The number of rotatable bonds is 6. The van der Waals surface area contributed by atoms with Crippen LogP contribution < -0.4 is 4.90 Å². The van der Waals surface area contributed by atoms with Crippen molar-refractivity contribution in [2.75, 3.05) is 4.90 Å². The highest BCUT2D eigenvalue weighted by molar-refractivity contribution is 6.34. The lowest BCUT2D eigenvalue weighted by molar-refractivity contribution is 0.0984. The van der Waals surface area contributed by atoms with Gasteiger partial charge in [0.1, 0.15) is 0 Å². The fraction of sp³-hybridized carbons (Fsp3) is 0.120. The van der Waals surface area contributed by atoms with Crippen LogP contribution in [0.1, 0.15) is 27.2 Å². The van der Waals surface area contributed by atoms with E-state index in [9.17, 15) is 4.79 Å². The predicted octanol–water partition coefficient (Wildman–Crippen LogP) is 6.16. The van der Waals surface area contributed by atoms with Gasteiger partial charge in [0.15, 0.2) is 0 Å². The monoisotopic (exact) mass is 449 g/mol. The van der Waals surface area contributed by atoms with E-state index in [0.717, 1.165) is 16.8 Å². The summed E-state index contributed by atoms with van der Waals surface area (Å²) < 4.78 is 1.68. The molecule has 4 aromatic rings. The number of anilines is 1. The van der Waals surface area contributed by atoms with Crippen LogP contribution in [0.4, 0.5) is 5.69 Å². The molecule has 4 rings (SSSR count). The van der Waals surface area contributed by atoms with Crippen molar-refractivity contribution in [3.63, 3.8) is 0 Å². The summed E-state index contributed by atoms with van der Waals surface area (Å²) in [6.45, 7) is 0.361. The van der Waals surface area contributed by atoms with E-state index in [-0.39, 0.29) is 5.91 Å². The molecule has 0 aliphatic heterocycles. The van der Waals surface area contributed by atoms with Gasteiger partial charge >= 0.3 is 0 Å². The molecule has 0 atom stereocenters. The number of amides is 1. The molecule has 156 valence electrons. The number of nitrogens with zero attached hydrogens (tertiary/aromatic N) is 3. The molecule has 0 aliphatic carbocycles. The average molecular weight is 450 g/mol. The summed E-state index contributed by atoms with van der Waals surface area (Å²) in [4.78, 5) is 15.5. The molecule has 0 spiro atoms.